The third-order valence-corrected chi connectivity index (χ3v) is 7.39. The quantitative estimate of drug-likeness (QED) is 0.440. The van der Waals surface area contributed by atoms with Crippen molar-refractivity contribution in [1.82, 2.24) is 19.9 Å². The molecule has 1 saturated heterocycles. The van der Waals surface area contributed by atoms with Gasteiger partial charge in [-0.25, -0.2) is 17.9 Å². The second-order valence-corrected chi connectivity index (χ2v) is 10.4. The number of carbonyl (C=O) groups is 1. The number of aryl methyl sites for hydroxylation is 1. The zero-order valence-corrected chi connectivity index (χ0v) is 20.3. The minimum Gasteiger partial charge on any atom is -0.337 e. The lowest BCUT2D eigenvalue weighted by Crippen LogP contribution is -2.39. The zero-order valence-electron chi connectivity index (χ0n) is 19.5. The fourth-order valence-corrected chi connectivity index (χ4v) is 5.47. The van der Waals surface area contributed by atoms with Crippen LogP contribution in [0.5, 0.6) is 0 Å². The number of aromatic nitrogens is 1. The molecule has 0 spiro atoms. The first kappa shape index (κ1) is 25.9. The number of pyridine rings is 1. The summed E-state index contributed by atoms with van der Waals surface area (Å²) in [5.41, 5.74) is 1.20. The molecule has 8 nitrogen and oxygen atoms in total. The van der Waals surface area contributed by atoms with Gasteiger partial charge < -0.3 is 10.6 Å². The van der Waals surface area contributed by atoms with Gasteiger partial charge in [-0.1, -0.05) is 24.3 Å². The van der Waals surface area contributed by atoms with Crippen molar-refractivity contribution in [3.05, 3.63) is 65.9 Å². The van der Waals surface area contributed by atoms with Crippen molar-refractivity contribution in [2.45, 2.75) is 30.5 Å². The third-order valence-electron chi connectivity index (χ3n) is 5.87. The normalized spacial score (nSPS) is 16.8. The number of benzene rings is 2. The van der Waals surface area contributed by atoms with Gasteiger partial charge in [-0.3, -0.25) is 9.88 Å². The Bertz CT molecular complexity index is 1360. The highest BCUT2D eigenvalue weighted by Crippen LogP contribution is 2.30. The van der Waals surface area contributed by atoms with Gasteiger partial charge in [0.2, 0.25) is 10.0 Å². The average Bonchev–Trinajstić information content (AvgIpc) is 3.25. The number of rotatable bonds is 7. The highest BCUT2D eigenvalue weighted by atomic mass is 32.2. The number of carbonyl (C=O) groups excluding carboxylic acids is 1. The van der Waals surface area contributed by atoms with Crippen LogP contribution in [-0.4, -0.2) is 56.6 Å². The van der Waals surface area contributed by atoms with Gasteiger partial charge in [-0.15, -0.1) is 0 Å². The molecule has 1 fully saturated rings. The van der Waals surface area contributed by atoms with Crippen LogP contribution in [0.1, 0.15) is 17.7 Å². The zero-order chi connectivity index (χ0) is 25.9. The topological polar surface area (TPSA) is 103 Å². The molecule has 36 heavy (non-hydrogen) atoms. The minimum absolute atomic E-state index is 0.334. The summed E-state index contributed by atoms with van der Waals surface area (Å²) in [5.74, 6) is 0. The standard InChI is InChI=1S/C24H26F3N5O3S/c1-16-13-22(20-7-2-3-8-21(20)29-16)30-23(33)28-10-12-32-11-9-18(15-32)31-36(34,35)19-6-4-5-17(14-19)24(25,26)27/h2-8,13-14,18,31H,9-12,15H2,1H3,(H2,28,29,30,33). The smallest absolute Gasteiger partial charge is 0.337 e. The van der Waals surface area contributed by atoms with E-state index >= 15 is 0 Å². The lowest BCUT2D eigenvalue weighted by atomic mass is 10.1. The van der Waals surface area contributed by atoms with E-state index in [9.17, 15) is 26.4 Å². The van der Waals surface area contributed by atoms with Crippen LogP contribution in [0.4, 0.5) is 23.7 Å². The maximum Gasteiger partial charge on any atom is 0.416 e. The van der Waals surface area contributed by atoms with Gasteiger partial charge in [-0.2, -0.15) is 13.2 Å². The van der Waals surface area contributed by atoms with Crippen LogP contribution in [0.3, 0.4) is 0 Å². The van der Waals surface area contributed by atoms with Crippen LogP contribution >= 0.6 is 0 Å². The largest absolute Gasteiger partial charge is 0.416 e. The summed E-state index contributed by atoms with van der Waals surface area (Å²) in [4.78, 5) is 18.4. The summed E-state index contributed by atoms with van der Waals surface area (Å²) in [6.07, 6.45) is -4.12. The molecule has 3 aromatic rings. The number of hydrogen-bond donors (Lipinski definition) is 3. The van der Waals surface area contributed by atoms with Gasteiger partial charge in [0.25, 0.3) is 0 Å². The van der Waals surface area contributed by atoms with Gasteiger partial charge >= 0.3 is 12.2 Å². The van der Waals surface area contributed by atoms with E-state index in [0.717, 1.165) is 34.8 Å². The number of fused-ring (bicyclic) bond motifs is 1. The second kappa shape index (κ2) is 10.4. The molecule has 4 rings (SSSR count). The van der Waals surface area contributed by atoms with Crippen molar-refractivity contribution in [3.8, 4) is 0 Å². The van der Waals surface area contributed by atoms with Crippen molar-refractivity contribution in [2.24, 2.45) is 0 Å². The summed E-state index contributed by atoms with van der Waals surface area (Å²) >= 11 is 0. The number of amides is 2. The summed E-state index contributed by atoms with van der Waals surface area (Å²) in [6.45, 7) is 3.65. The van der Waals surface area contributed by atoms with Crippen LogP contribution in [-0.2, 0) is 16.2 Å². The summed E-state index contributed by atoms with van der Waals surface area (Å²) < 4.78 is 66.5. The van der Waals surface area contributed by atoms with Gasteiger partial charge in [-0.05, 0) is 50.2 Å². The highest BCUT2D eigenvalue weighted by Gasteiger charge is 2.33. The predicted octanol–water partition coefficient (Wildman–Crippen LogP) is 3.74. The van der Waals surface area contributed by atoms with Gasteiger partial charge in [0.05, 0.1) is 21.7 Å². The molecule has 12 heteroatoms. The molecule has 1 atom stereocenters. The first-order valence-corrected chi connectivity index (χ1v) is 12.8. The van der Waals surface area contributed by atoms with Crippen molar-refractivity contribution in [3.63, 3.8) is 0 Å². The number of likely N-dealkylation sites (tertiary alicyclic amines) is 1. The number of halogens is 3. The summed E-state index contributed by atoms with van der Waals surface area (Å²) in [6, 6.07) is 12.2. The molecule has 0 saturated carbocycles. The summed E-state index contributed by atoms with van der Waals surface area (Å²) in [7, 11) is -4.10. The van der Waals surface area contributed by atoms with E-state index in [2.05, 4.69) is 20.3 Å². The van der Waals surface area contributed by atoms with E-state index < -0.39 is 32.7 Å². The Morgan fingerprint density at radius 1 is 1.14 bits per heavy atom. The highest BCUT2D eigenvalue weighted by molar-refractivity contribution is 7.89. The van der Waals surface area contributed by atoms with Crippen molar-refractivity contribution >= 4 is 32.6 Å². The Balaban J connectivity index is 1.27. The second-order valence-electron chi connectivity index (χ2n) is 8.64. The van der Waals surface area contributed by atoms with E-state index in [1.54, 1.807) is 6.07 Å². The van der Waals surface area contributed by atoms with Crippen LogP contribution in [0.25, 0.3) is 10.9 Å². The molecule has 0 bridgehead atoms. The molecule has 0 radical (unpaired) electrons. The minimum atomic E-state index is -4.63. The Morgan fingerprint density at radius 3 is 2.69 bits per heavy atom. The first-order valence-electron chi connectivity index (χ1n) is 11.3. The molecule has 2 amide bonds. The molecule has 1 unspecified atom stereocenters. The summed E-state index contributed by atoms with van der Waals surface area (Å²) in [5, 5.41) is 6.47. The maximum absolute atomic E-state index is 12.9. The number of hydrogen-bond acceptors (Lipinski definition) is 5. The van der Waals surface area contributed by atoms with Crippen LogP contribution in [0, 0.1) is 6.92 Å². The fourth-order valence-electron chi connectivity index (χ4n) is 4.16. The van der Waals surface area contributed by atoms with Crippen molar-refractivity contribution < 1.29 is 26.4 Å². The van der Waals surface area contributed by atoms with E-state index in [4.69, 9.17) is 0 Å². The van der Waals surface area contributed by atoms with Gasteiger partial charge in [0.15, 0.2) is 0 Å². The molecular formula is C24H26F3N5O3S. The van der Waals surface area contributed by atoms with E-state index in [-0.39, 0.29) is 6.03 Å². The molecule has 0 aliphatic carbocycles. The van der Waals surface area contributed by atoms with Crippen LogP contribution in [0.15, 0.2) is 59.5 Å². The SMILES string of the molecule is Cc1cc(NC(=O)NCCN2CCC(NS(=O)(=O)c3cccc(C(F)(F)F)c3)C2)c2ccccc2n1. The molecular weight excluding hydrogens is 495 g/mol. The number of nitrogens with zero attached hydrogens (tertiary/aromatic N) is 2. The molecule has 1 aliphatic heterocycles. The molecule has 2 heterocycles. The molecule has 192 valence electrons. The molecule has 2 aromatic carbocycles. The number of sulfonamides is 1. The number of alkyl halides is 3. The van der Waals surface area contributed by atoms with E-state index in [0.29, 0.717) is 44.4 Å². The predicted molar refractivity (Wildman–Crippen MR) is 130 cm³/mol. The maximum atomic E-state index is 12.9. The Labute approximate surface area is 206 Å². The molecule has 3 N–H and O–H groups in total. The Kier molecular flexibility index (Phi) is 7.48. The van der Waals surface area contributed by atoms with E-state index in [1.807, 2.05) is 36.1 Å². The van der Waals surface area contributed by atoms with E-state index in [1.165, 1.54) is 0 Å². The molecule has 1 aromatic heterocycles. The van der Waals surface area contributed by atoms with Crippen molar-refractivity contribution in [1.29, 1.82) is 0 Å². The first-order chi connectivity index (χ1) is 17.0. The van der Waals surface area contributed by atoms with Crippen LogP contribution in [0.2, 0.25) is 0 Å². The van der Waals surface area contributed by atoms with Crippen molar-refractivity contribution in [2.75, 3.05) is 31.5 Å². The van der Waals surface area contributed by atoms with Gasteiger partial charge in [0, 0.05) is 36.8 Å². The lowest BCUT2D eigenvalue weighted by molar-refractivity contribution is -0.137. The Morgan fingerprint density at radius 2 is 1.92 bits per heavy atom. The number of urea groups is 1. The number of nitrogens with one attached hydrogen (secondary N) is 3. The average molecular weight is 522 g/mol. The van der Waals surface area contributed by atoms with Gasteiger partial charge in [0.1, 0.15) is 0 Å². The fraction of sp³-hybridized carbons (Fsp3) is 0.333. The van der Waals surface area contributed by atoms with Crippen LogP contribution < -0.4 is 15.4 Å². The Hall–Kier alpha value is -3.22. The molecule has 1 aliphatic rings. The lowest BCUT2D eigenvalue weighted by Gasteiger charge is -2.18. The number of para-hydroxylation sites is 1. The monoisotopic (exact) mass is 521 g/mol. The number of anilines is 1. The third kappa shape index (κ3) is 6.31.